The zero-order valence-corrected chi connectivity index (χ0v) is 11.0. The third-order valence-corrected chi connectivity index (χ3v) is 3.60. The smallest absolute Gasteiger partial charge is 0.225 e. The van der Waals surface area contributed by atoms with Crippen molar-refractivity contribution in [2.24, 2.45) is 11.8 Å². The van der Waals surface area contributed by atoms with Gasteiger partial charge in [-0.2, -0.15) is 0 Å². The minimum absolute atomic E-state index is 0.838. The van der Waals surface area contributed by atoms with E-state index in [0.717, 1.165) is 30.9 Å². The van der Waals surface area contributed by atoms with Gasteiger partial charge in [0.15, 0.2) is 0 Å². The van der Waals surface area contributed by atoms with Crippen molar-refractivity contribution in [2.75, 3.05) is 18.0 Å². The largest absolute Gasteiger partial charge is 0.341 e. The highest BCUT2D eigenvalue weighted by molar-refractivity contribution is 5.28. The van der Waals surface area contributed by atoms with E-state index >= 15 is 0 Å². The first-order valence-corrected chi connectivity index (χ1v) is 6.77. The van der Waals surface area contributed by atoms with Gasteiger partial charge in [-0.05, 0) is 30.7 Å². The number of nitrogens with zero attached hydrogens (tertiary/aromatic N) is 3. The molecule has 0 saturated carbocycles. The van der Waals surface area contributed by atoms with Crippen LogP contribution in [-0.2, 0) is 0 Å². The molecule has 3 nitrogen and oxygen atoms in total. The molecule has 0 spiro atoms. The van der Waals surface area contributed by atoms with E-state index in [-0.39, 0.29) is 0 Å². The second-order valence-corrected chi connectivity index (χ2v) is 5.45. The van der Waals surface area contributed by atoms with E-state index in [1.54, 1.807) is 0 Å². The van der Waals surface area contributed by atoms with E-state index in [4.69, 9.17) is 0 Å². The molecule has 1 aromatic rings. The molecule has 0 amide bonds. The molecule has 1 aliphatic rings. The van der Waals surface area contributed by atoms with Crippen LogP contribution in [0.2, 0.25) is 0 Å². The fourth-order valence-corrected chi connectivity index (χ4v) is 2.45. The van der Waals surface area contributed by atoms with Crippen LogP contribution in [-0.4, -0.2) is 23.1 Å². The van der Waals surface area contributed by atoms with Crippen LogP contribution in [0.1, 0.15) is 39.5 Å². The molecule has 1 aromatic heterocycles. The molecule has 0 unspecified atom stereocenters. The van der Waals surface area contributed by atoms with Gasteiger partial charge in [0.1, 0.15) is 0 Å². The summed E-state index contributed by atoms with van der Waals surface area (Å²) in [6.07, 6.45) is 9.00. The van der Waals surface area contributed by atoms with Gasteiger partial charge in [0.2, 0.25) is 5.95 Å². The van der Waals surface area contributed by atoms with Crippen molar-refractivity contribution in [3.63, 3.8) is 0 Å². The highest BCUT2D eigenvalue weighted by Crippen LogP contribution is 2.25. The van der Waals surface area contributed by atoms with Crippen molar-refractivity contribution in [2.45, 2.75) is 39.5 Å². The third-order valence-electron chi connectivity index (χ3n) is 3.60. The zero-order chi connectivity index (χ0) is 12.1. The van der Waals surface area contributed by atoms with Gasteiger partial charge in [-0.25, -0.2) is 9.97 Å². The molecule has 0 N–H and O–H groups in total. The van der Waals surface area contributed by atoms with Gasteiger partial charge >= 0.3 is 0 Å². The van der Waals surface area contributed by atoms with Gasteiger partial charge in [-0.3, -0.25) is 0 Å². The number of rotatable bonds is 4. The van der Waals surface area contributed by atoms with Gasteiger partial charge in [0.05, 0.1) is 0 Å². The van der Waals surface area contributed by atoms with Crippen LogP contribution < -0.4 is 4.90 Å². The summed E-state index contributed by atoms with van der Waals surface area (Å²) < 4.78 is 0. The summed E-state index contributed by atoms with van der Waals surface area (Å²) in [7, 11) is 0. The molecule has 0 atom stereocenters. The Bertz CT molecular complexity index is 315. The van der Waals surface area contributed by atoms with Gasteiger partial charge in [0, 0.05) is 25.5 Å². The van der Waals surface area contributed by atoms with Crippen molar-refractivity contribution < 1.29 is 0 Å². The normalized spacial score (nSPS) is 17.7. The van der Waals surface area contributed by atoms with E-state index in [1.807, 2.05) is 18.5 Å². The van der Waals surface area contributed by atoms with E-state index < -0.39 is 0 Å². The lowest BCUT2D eigenvalue weighted by molar-refractivity contribution is 0.350. The highest BCUT2D eigenvalue weighted by Gasteiger charge is 2.20. The fraction of sp³-hybridized carbons (Fsp3) is 0.714. The first kappa shape index (κ1) is 12.3. The van der Waals surface area contributed by atoms with Crippen molar-refractivity contribution in [3.8, 4) is 0 Å². The molecule has 1 saturated heterocycles. The Kier molecular flexibility index (Phi) is 4.35. The molecular formula is C14H23N3. The Morgan fingerprint density at radius 3 is 2.47 bits per heavy atom. The minimum atomic E-state index is 0.838. The second-order valence-electron chi connectivity index (χ2n) is 5.45. The summed E-state index contributed by atoms with van der Waals surface area (Å²) in [5.74, 6) is 2.65. The average Bonchev–Trinajstić information content (AvgIpc) is 2.38. The average molecular weight is 233 g/mol. The Balaban J connectivity index is 1.78. The molecule has 0 radical (unpaired) electrons. The lowest BCUT2D eigenvalue weighted by Crippen LogP contribution is -2.34. The van der Waals surface area contributed by atoms with Gasteiger partial charge < -0.3 is 4.90 Å². The Morgan fingerprint density at radius 1 is 1.24 bits per heavy atom. The second kappa shape index (κ2) is 5.99. The van der Waals surface area contributed by atoms with Crippen molar-refractivity contribution in [3.05, 3.63) is 18.5 Å². The summed E-state index contributed by atoms with van der Waals surface area (Å²) in [6, 6.07) is 1.87. The number of piperidine rings is 1. The summed E-state index contributed by atoms with van der Waals surface area (Å²) >= 11 is 0. The fourth-order valence-electron chi connectivity index (χ4n) is 2.45. The van der Waals surface area contributed by atoms with E-state index in [1.165, 1.54) is 25.7 Å². The summed E-state index contributed by atoms with van der Waals surface area (Å²) in [5, 5.41) is 0. The molecular weight excluding hydrogens is 210 g/mol. The first-order chi connectivity index (χ1) is 8.25. The van der Waals surface area contributed by atoms with Crippen molar-refractivity contribution in [1.82, 2.24) is 9.97 Å². The predicted molar refractivity (Wildman–Crippen MR) is 71.0 cm³/mol. The monoisotopic (exact) mass is 233 g/mol. The quantitative estimate of drug-likeness (QED) is 0.800. The molecule has 3 heteroatoms. The number of aromatic nitrogens is 2. The minimum Gasteiger partial charge on any atom is -0.341 e. The number of hydrogen-bond donors (Lipinski definition) is 0. The molecule has 0 bridgehead atoms. The zero-order valence-electron chi connectivity index (χ0n) is 11.0. The maximum absolute atomic E-state index is 4.32. The molecule has 94 valence electrons. The lowest BCUT2D eigenvalue weighted by atomic mass is 9.90. The first-order valence-electron chi connectivity index (χ1n) is 6.77. The van der Waals surface area contributed by atoms with Crippen LogP contribution in [0.4, 0.5) is 5.95 Å². The van der Waals surface area contributed by atoms with Gasteiger partial charge in [-0.15, -0.1) is 0 Å². The SMILES string of the molecule is CC(C)CCC1CCN(c2ncccn2)CC1. The summed E-state index contributed by atoms with van der Waals surface area (Å²) in [5.41, 5.74) is 0. The summed E-state index contributed by atoms with van der Waals surface area (Å²) in [4.78, 5) is 10.9. The van der Waals surface area contributed by atoms with Crippen LogP contribution in [0.5, 0.6) is 0 Å². The molecule has 1 fully saturated rings. The predicted octanol–water partition coefficient (Wildman–Crippen LogP) is 3.13. The molecule has 0 aliphatic carbocycles. The Hall–Kier alpha value is -1.12. The van der Waals surface area contributed by atoms with E-state index in [0.29, 0.717) is 0 Å². The van der Waals surface area contributed by atoms with Crippen molar-refractivity contribution >= 4 is 5.95 Å². The standard InChI is InChI=1S/C14H23N3/c1-12(2)4-5-13-6-10-17(11-7-13)14-15-8-3-9-16-14/h3,8-9,12-13H,4-7,10-11H2,1-2H3. The van der Waals surface area contributed by atoms with Crippen LogP contribution in [0.15, 0.2) is 18.5 Å². The lowest BCUT2D eigenvalue weighted by Gasteiger charge is -2.32. The maximum Gasteiger partial charge on any atom is 0.225 e. The van der Waals surface area contributed by atoms with E-state index in [9.17, 15) is 0 Å². The van der Waals surface area contributed by atoms with E-state index in [2.05, 4.69) is 28.7 Å². The third kappa shape index (κ3) is 3.69. The van der Waals surface area contributed by atoms with Crippen LogP contribution in [0.3, 0.4) is 0 Å². The highest BCUT2D eigenvalue weighted by atomic mass is 15.2. The number of anilines is 1. The van der Waals surface area contributed by atoms with Crippen LogP contribution in [0, 0.1) is 11.8 Å². The maximum atomic E-state index is 4.32. The topological polar surface area (TPSA) is 29.0 Å². The molecule has 2 rings (SSSR count). The van der Waals surface area contributed by atoms with Crippen LogP contribution >= 0.6 is 0 Å². The van der Waals surface area contributed by atoms with Gasteiger partial charge in [0.25, 0.3) is 0 Å². The van der Waals surface area contributed by atoms with Crippen LogP contribution in [0.25, 0.3) is 0 Å². The molecule has 2 heterocycles. The van der Waals surface area contributed by atoms with Gasteiger partial charge in [-0.1, -0.05) is 26.7 Å². The summed E-state index contributed by atoms with van der Waals surface area (Å²) in [6.45, 7) is 6.86. The Morgan fingerprint density at radius 2 is 1.88 bits per heavy atom. The Labute approximate surface area is 104 Å². The molecule has 0 aromatic carbocycles. The molecule has 17 heavy (non-hydrogen) atoms. The molecule has 1 aliphatic heterocycles. The number of hydrogen-bond acceptors (Lipinski definition) is 3. The van der Waals surface area contributed by atoms with Crippen molar-refractivity contribution in [1.29, 1.82) is 0 Å².